The van der Waals surface area contributed by atoms with Crippen LogP contribution in [0.5, 0.6) is 0 Å². The van der Waals surface area contributed by atoms with Crippen LogP contribution in [0, 0.1) is 13.8 Å². The molecule has 0 spiro atoms. The lowest BCUT2D eigenvalue weighted by Crippen LogP contribution is -1.86. The van der Waals surface area contributed by atoms with E-state index >= 15 is 0 Å². The van der Waals surface area contributed by atoms with Gasteiger partial charge in [0.25, 0.3) is 0 Å². The first-order valence-electron chi connectivity index (χ1n) is 6.85. The number of hydrogen-bond donors (Lipinski definition) is 0. The highest BCUT2D eigenvalue weighted by Crippen LogP contribution is 2.25. The molecule has 0 radical (unpaired) electrons. The fraction of sp³-hybridized carbons (Fsp3) is 0.467. The predicted molar refractivity (Wildman–Crippen MR) is 82.5 cm³/mol. The molecule has 0 atom stereocenters. The third kappa shape index (κ3) is 3.28. The quantitative estimate of drug-likeness (QED) is 0.704. The van der Waals surface area contributed by atoms with E-state index in [0.29, 0.717) is 5.92 Å². The Balaban J connectivity index is 0.000000178. The Morgan fingerprint density at radius 1 is 1.35 bits per heavy atom. The molecule has 0 aliphatic rings. The molecule has 0 bridgehead atoms. The minimum Gasteiger partial charge on any atom is -0.449 e. The molecule has 5 heteroatoms. The van der Waals surface area contributed by atoms with Crippen LogP contribution < -0.4 is 0 Å². The van der Waals surface area contributed by atoms with Crippen molar-refractivity contribution in [1.82, 2.24) is 14.4 Å². The Morgan fingerprint density at radius 2 is 2.10 bits per heavy atom. The van der Waals surface area contributed by atoms with Gasteiger partial charge in [-0.15, -0.1) is 11.3 Å². The van der Waals surface area contributed by atoms with Gasteiger partial charge in [0.2, 0.25) is 0 Å². The number of thiazole rings is 1. The molecule has 0 aromatic carbocycles. The normalized spacial score (nSPS) is 10.9. The monoisotopic (exact) mass is 291 g/mol. The highest BCUT2D eigenvalue weighted by atomic mass is 32.1. The van der Waals surface area contributed by atoms with Gasteiger partial charge >= 0.3 is 0 Å². The zero-order valence-electron chi connectivity index (χ0n) is 12.7. The molecule has 3 rings (SSSR count). The Hall–Kier alpha value is -1.62. The van der Waals surface area contributed by atoms with Crippen molar-refractivity contribution in [3.8, 4) is 0 Å². The van der Waals surface area contributed by atoms with Gasteiger partial charge < -0.3 is 4.42 Å². The Morgan fingerprint density at radius 3 is 2.55 bits per heavy atom. The van der Waals surface area contributed by atoms with Crippen molar-refractivity contribution in [2.75, 3.05) is 0 Å². The molecule has 0 unspecified atom stereocenters. The van der Waals surface area contributed by atoms with E-state index in [1.54, 1.807) is 17.6 Å². The molecule has 0 amide bonds. The van der Waals surface area contributed by atoms with Crippen molar-refractivity contribution in [2.45, 2.75) is 47.0 Å². The molecule has 0 aliphatic carbocycles. The smallest absolute Gasteiger partial charge is 0.194 e. The third-order valence-corrected chi connectivity index (χ3v) is 4.27. The van der Waals surface area contributed by atoms with Crippen LogP contribution >= 0.6 is 11.3 Å². The summed E-state index contributed by atoms with van der Waals surface area (Å²) in [5, 5.41) is 0. The van der Waals surface area contributed by atoms with Crippen molar-refractivity contribution >= 4 is 16.3 Å². The average Bonchev–Trinajstić information content (AvgIpc) is 3.05. The van der Waals surface area contributed by atoms with Gasteiger partial charge in [0.05, 0.1) is 11.9 Å². The second-order valence-electron chi connectivity index (χ2n) is 5.05. The summed E-state index contributed by atoms with van der Waals surface area (Å²) in [5.41, 5.74) is 2.25. The van der Waals surface area contributed by atoms with E-state index in [1.807, 2.05) is 20.0 Å². The molecule has 4 nitrogen and oxygen atoms in total. The number of aromatic nitrogens is 3. The summed E-state index contributed by atoms with van der Waals surface area (Å²) in [7, 11) is 0. The molecule has 3 aromatic heterocycles. The van der Waals surface area contributed by atoms with Crippen molar-refractivity contribution in [1.29, 1.82) is 0 Å². The molecule has 0 N–H and O–H groups in total. The van der Waals surface area contributed by atoms with Gasteiger partial charge in [0, 0.05) is 23.7 Å². The molecule has 3 aromatic rings. The van der Waals surface area contributed by atoms with Crippen LogP contribution in [0.25, 0.3) is 4.96 Å². The van der Waals surface area contributed by atoms with Crippen molar-refractivity contribution in [3.63, 3.8) is 0 Å². The molecule has 108 valence electrons. The van der Waals surface area contributed by atoms with Crippen LogP contribution in [0.2, 0.25) is 0 Å². The van der Waals surface area contributed by atoms with Gasteiger partial charge in [0.1, 0.15) is 6.26 Å². The number of aryl methyl sites for hydroxylation is 3. The van der Waals surface area contributed by atoms with E-state index in [1.165, 1.54) is 10.6 Å². The summed E-state index contributed by atoms with van der Waals surface area (Å²) in [5.74, 6) is 1.34. The number of rotatable bonds is 2. The summed E-state index contributed by atoms with van der Waals surface area (Å²) in [6.07, 6.45) is 6.87. The van der Waals surface area contributed by atoms with Crippen LogP contribution in [-0.4, -0.2) is 14.4 Å². The standard InChI is InChI=1S/C10H14N2S.C5H7NO/c1-4-8-5-11-10-12(8)6-9(13-10)7(2)3;1-4-3-7-5(2)6-4/h5-7H,4H2,1-3H3;3H,1-2H3. The highest BCUT2D eigenvalue weighted by Gasteiger charge is 2.08. The van der Waals surface area contributed by atoms with Crippen molar-refractivity contribution in [3.05, 3.63) is 40.8 Å². The first kappa shape index (κ1) is 14.8. The Labute approximate surface area is 123 Å². The predicted octanol–water partition coefficient (Wildman–Crippen LogP) is 4.37. The minimum atomic E-state index is 0.608. The lowest BCUT2D eigenvalue weighted by Gasteiger charge is -1.96. The lowest BCUT2D eigenvalue weighted by molar-refractivity contribution is 0.521. The summed E-state index contributed by atoms with van der Waals surface area (Å²) in [6, 6.07) is 0. The second kappa shape index (κ2) is 6.22. The average molecular weight is 291 g/mol. The lowest BCUT2D eigenvalue weighted by atomic mass is 10.2. The molecule has 3 heterocycles. The number of fused-ring (bicyclic) bond motifs is 1. The maximum absolute atomic E-state index is 4.85. The van der Waals surface area contributed by atoms with Crippen LogP contribution in [0.15, 0.2) is 23.1 Å². The van der Waals surface area contributed by atoms with E-state index in [0.717, 1.165) is 23.0 Å². The number of hydrogen-bond acceptors (Lipinski definition) is 4. The topological polar surface area (TPSA) is 43.3 Å². The summed E-state index contributed by atoms with van der Waals surface area (Å²) < 4.78 is 7.06. The van der Waals surface area contributed by atoms with Gasteiger partial charge in [-0.1, -0.05) is 20.8 Å². The van der Waals surface area contributed by atoms with Gasteiger partial charge in [0.15, 0.2) is 10.9 Å². The van der Waals surface area contributed by atoms with Gasteiger partial charge in [-0.2, -0.15) is 0 Å². The summed E-state index contributed by atoms with van der Waals surface area (Å²) in [6.45, 7) is 10.3. The van der Waals surface area contributed by atoms with Crippen LogP contribution in [0.4, 0.5) is 0 Å². The van der Waals surface area contributed by atoms with E-state index in [2.05, 4.69) is 41.3 Å². The fourth-order valence-corrected chi connectivity index (χ4v) is 2.83. The molecule has 0 saturated heterocycles. The van der Waals surface area contributed by atoms with E-state index < -0.39 is 0 Å². The summed E-state index contributed by atoms with van der Waals surface area (Å²) in [4.78, 5) is 10.9. The minimum absolute atomic E-state index is 0.608. The number of imidazole rings is 1. The van der Waals surface area contributed by atoms with Gasteiger partial charge in [-0.3, -0.25) is 4.40 Å². The highest BCUT2D eigenvalue weighted by molar-refractivity contribution is 7.17. The maximum Gasteiger partial charge on any atom is 0.194 e. The maximum atomic E-state index is 4.85. The molecule has 20 heavy (non-hydrogen) atoms. The van der Waals surface area contributed by atoms with Crippen LogP contribution in [0.3, 0.4) is 0 Å². The van der Waals surface area contributed by atoms with E-state index in [-0.39, 0.29) is 0 Å². The third-order valence-electron chi connectivity index (χ3n) is 2.97. The van der Waals surface area contributed by atoms with Crippen molar-refractivity contribution in [2.24, 2.45) is 0 Å². The first-order chi connectivity index (χ1) is 9.51. The van der Waals surface area contributed by atoms with Gasteiger partial charge in [-0.25, -0.2) is 9.97 Å². The summed E-state index contributed by atoms with van der Waals surface area (Å²) >= 11 is 1.79. The molecular weight excluding hydrogens is 270 g/mol. The van der Waals surface area contributed by atoms with Crippen LogP contribution in [-0.2, 0) is 6.42 Å². The fourth-order valence-electron chi connectivity index (χ4n) is 1.85. The zero-order chi connectivity index (χ0) is 14.7. The first-order valence-corrected chi connectivity index (χ1v) is 7.67. The van der Waals surface area contributed by atoms with E-state index in [9.17, 15) is 0 Å². The Bertz CT molecular complexity index is 662. The molecular formula is C15H21N3OS. The molecule has 0 saturated carbocycles. The zero-order valence-corrected chi connectivity index (χ0v) is 13.5. The SMILES string of the molecule is CCc1cnc2sc(C(C)C)cn12.Cc1coc(C)n1. The Kier molecular flexibility index (Phi) is 4.60. The van der Waals surface area contributed by atoms with Crippen LogP contribution in [0.1, 0.15) is 48.8 Å². The largest absolute Gasteiger partial charge is 0.449 e. The number of oxazole rings is 1. The van der Waals surface area contributed by atoms with Crippen molar-refractivity contribution < 1.29 is 4.42 Å². The van der Waals surface area contributed by atoms with E-state index in [4.69, 9.17) is 4.42 Å². The molecule has 0 aliphatic heterocycles. The number of nitrogens with zero attached hydrogens (tertiary/aromatic N) is 3. The molecule has 0 fully saturated rings. The second-order valence-corrected chi connectivity index (χ2v) is 6.09. The van der Waals surface area contributed by atoms with Gasteiger partial charge in [-0.05, 0) is 19.3 Å².